The van der Waals surface area contributed by atoms with Crippen LogP contribution >= 0.6 is 22.9 Å². The number of thiazole rings is 1. The smallest absolute Gasteiger partial charge is 0.416 e. The Morgan fingerprint density at radius 3 is 1.76 bits per heavy atom. The number of fused-ring (bicyclic) bond motifs is 2. The summed E-state index contributed by atoms with van der Waals surface area (Å²) >= 11 is 7.64. The van der Waals surface area contributed by atoms with Crippen molar-refractivity contribution in [2.45, 2.75) is 86.2 Å². The first kappa shape index (κ1) is 37.8. The maximum Gasteiger partial charge on any atom is 0.416 e. The van der Waals surface area contributed by atoms with Crippen LogP contribution in [-0.4, -0.2) is 33.1 Å². The Morgan fingerprint density at radius 2 is 1.20 bits per heavy atom. The standard InChI is InChI=1S/C20H18F3NO3.C19H18ClNO2S/c1-10-11(2)19(26)14(12(3)18(10)25)5-4-6-17-24-15-9-13(20(21,22)23)7-8-16(15)27-17;1-10-11(2)19(23)14(12(3)18(10)22)5-4-6-17-21-15-9-13(20)7-8-16(15)24-17/h7-9H,4-6H2,1-3H3;7-9H,4-6H2,1-3H3. The van der Waals surface area contributed by atoms with E-state index in [9.17, 15) is 32.3 Å². The van der Waals surface area contributed by atoms with Crippen LogP contribution in [0.5, 0.6) is 0 Å². The summed E-state index contributed by atoms with van der Waals surface area (Å²) in [7, 11) is 0. The van der Waals surface area contributed by atoms with E-state index >= 15 is 0 Å². The SMILES string of the molecule is CC1=C(C)C(=O)C(CCCc2nc3cc(C(F)(F)F)ccc3o2)=C(C)C1=O.CC1=C(C)C(=O)C(CCCc2nc3cc(Cl)ccc3s2)=C(C)C1=O. The fraction of sp³-hybridized carbons (Fsp3) is 0.333. The minimum atomic E-state index is -4.44. The molecule has 0 aliphatic heterocycles. The van der Waals surface area contributed by atoms with Crippen LogP contribution < -0.4 is 0 Å². The van der Waals surface area contributed by atoms with E-state index in [2.05, 4.69) is 9.97 Å². The average Bonchev–Trinajstić information content (AvgIpc) is 3.70. The third-order valence-corrected chi connectivity index (χ3v) is 10.7. The third kappa shape index (κ3) is 8.05. The van der Waals surface area contributed by atoms with E-state index in [1.165, 1.54) is 6.07 Å². The number of alkyl halides is 3. The monoisotopic (exact) mass is 736 g/mol. The molecule has 2 aliphatic rings. The molecule has 0 saturated heterocycles. The molecule has 0 saturated carbocycles. The van der Waals surface area contributed by atoms with Crippen LogP contribution in [0, 0.1) is 0 Å². The van der Waals surface area contributed by atoms with Crippen molar-refractivity contribution in [2.24, 2.45) is 0 Å². The summed E-state index contributed by atoms with van der Waals surface area (Å²) in [5, 5.41) is 1.72. The van der Waals surface area contributed by atoms with E-state index in [1.807, 2.05) is 18.2 Å². The zero-order valence-corrected chi connectivity index (χ0v) is 30.6. The number of aromatic nitrogens is 2. The van der Waals surface area contributed by atoms with Crippen molar-refractivity contribution in [1.29, 1.82) is 0 Å². The van der Waals surface area contributed by atoms with Gasteiger partial charge in [0, 0.05) is 56.0 Å². The van der Waals surface area contributed by atoms with E-state index < -0.39 is 11.7 Å². The molecule has 0 atom stereocenters. The van der Waals surface area contributed by atoms with E-state index in [0.29, 0.717) is 81.2 Å². The molecule has 51 heavy (non-hydrogen) atoms. The van der Waals surface area contributed by atoms with Crippen molar-refractivity contribution in [3.8, 4) is 0 Å². The van der Waals surface area contributed by atoms with Gasteiger partial charge in [-0.05, 0) is 110 Å². The average molecular weight is 737 g/mol. The molecule has 0 unspecified atom stereocenters. The number of oxazole rings is 1. The van der Waals surface area contributed by atoms with Crippen molar-refractivity contribution < 1.29 is 36.8 Å². The lowest BCUT2D eigenvalue weighted by atomic mass is 9.84. The third-order valence-electron chi connectivity index (χ3n) is 9.41. The quantitative estimate of drug-likeness (QED) is 0.166. The molecule has 7 nitrogen and oxygen atoms in total. The van der Waals surface area contributed by atoms with Crippen LogP contribution in [0.2, 0.25) is 5.02 Å². The number of nitrogens with zero attached hydrogens (tertiary/aromatic N) is 2. The number of benzene rings is 2. The van der Waals surface area contributed by atoms with Crippen molar-refractivity contribution in [2.75, 3.05) is 0 Å². The van der Waals surface area contributed by atoms with Gasteiger partial charge in [-0.15, -0.1) is 11.3 Å². The zero-order chi connectivity index (χ0) is 37.4. The van der Waals surface area contributed by atoms with Crippen LogP contribution in [0.1, 0.15) is 83.7 Å². The molecule has 2 aliphatic carbocycles. The number of rotatable bonds is 8. The summed E-state index contributed by atoms with van der Waals surface area (Å²) in [5.74, 6) is 0.0682. The molecular weight excluding hydrogens is 701 g/mol. The summed E-state index contributed by atoms with van der Waals surface area (Å²) in [6.45, 7) is 10.1. The van der Waals surface area contributed by atoms with Gasteiger partial charge in [0.15, 0.2) is 34.6 Å². The molecule has 4 aromatic rings. The Balaban J connectivity index is 0.000000199. The number of hydrogen-bond donors (Lipinski definition) is 0. The van der Waals surface area contributed by atoms with Crippen LogP contribution in [0.25, 0.3) is 21.3 Å². The van der Waals surface area contributed by atoms with E-state index in [4.69, 9.17) is 16.0 Å². The first-order chi connectivity index (χ1) is 24.0. The summed E-state index contributed by atoms with van der Waals surface area (Å²) < 4.78 is 44.9. The maximum atomic E-state index is 12.8. The van der Waals surface area contributed by atoms with Gasteiger partial charge in [0.25, 0.3) is 0 Å². The molecule has 266 valence electrons. The van der Waals surface area contributed by atoms with Gasteiger partial charge in [0.1, 0.15) is 5.52 Å². The molecule has 0 bridgehead atoms. The number of carbonyl (C=O) groups is 4. The van der Waals surface area contributed by atoms with Gasteiger partial charge in [-0.1, -0.05) is 11.6 Å². The van der Waals surface area contributed by atoms with Gasteiger partial charge in [-0.2, -0.15) is 13.2 Å². The summed E-state index contributed by atoms with van der Waals surface area (Å²) in [5.41, 5.74) is 4.85. The highest BCUT2D eigenvalue weighted by atomic mass is 35.5. The fourth-order valence-electron chi connectivity index (χ4n) is 6.06. The molecule has 0 radical (unpaired) electrons. The molecule has 0 fully saturated rings. The number of carbonyl (C=O) groups excluding carboxylic acids is 4. The molecule has 0 amide bonds. The molecule has 2 heterocycles. The largest absolute Gasteiger partial charge is 0.441 e. The Labute approximate surface area is 302 Å². The molecule has 12 heteroatoms. The van der Waals surface area contributed by atoms with Gasteiger partial charge in [-0.3, -0.25) is 19.2 Å². The van der Waals surface area contributed by atoms with Crippen LogP contribution in [0.4, 0.5) is 13.2 Å². The molecule has 2 aromatic heterocycles. The summed E-state index contributed by atoms with van der Waals surface area (Å²) in [4.78, 5) is 57.9. The summed E-state index contributed by atoms with van der Waals surface area (Å²) in [6, 6.07) is 8.87. The maximum absolute atomic E-state index is 12.8. The number of hydrogen-bond acceptors (Lipinski definition) is 8. The summed E-state index contributed by atoms with van der Waals surface area (Å²) in [6.07, 6.45) is -1.00. The van der Waals surface area contributed by atoms with Crippen molar-refractivity contribution in [3.05, 3.63) is 102 Å². The van der Waals surface area contributed by atoms with E-state index in [1.54, 1.807) is 52.9 Å². The minimum absolute atomic E-state index is 0.00303. The van der Waals surface area contributed by atoms with Crippen LogP contribution in [0.3, 0.4) is 0 Å². The van der Waals surface area contributed by atoms with Crippen molar-refractivity contribution in [1.82, 2.24) is 9.97 Å². The molecule has 0 spiro atoms. The Kier molecular flexibility index (Phi) is 11.1. The highest BCUT2D eigenvalue weighted by Crippen LogP contribution is 2.33. The van der Waals surface area contributed by atoms with E-state index in [-0.39, 0.29) is 34.2 Å². The van der Waals surface area contributed by atoms with Gasteiger partial charge < -0.3 is 4.42 Å². The Morgan fingerprint density at radius 1 is 0.647 bits per heavy atom. The first-order valence-corrected chi connectivity index (χ1v) is 17.6. The number of Topliss-reactive ketones (excluding diaryl/α,β-unsaturated/α-hetero) is 4. The van der Waals surface area contributed by atoms with Crippen molar-refractivity contribution >= 4 is 67.4 Å². The lowest BCUT2D eigenvalue weighted by molar-refractivity contribution is -0.137. The van der Waals surface area contributed by atoms with Gasteiger partial charge in [0.2, 0.25) is 0 Å². The number of aryl methyl sites for hydroxylation is 2. The molecule has 0 N–H and O–H groups in total. The highest BCUT2D eigenvalue weighted by molar-refractivity contribution is 7.18. The number of halogens is 4. The zero-order valence-electron chi connectivity index (χ0n) is 29.1. The fourth-order valence-corrected chi connectivity index (χ4v) is 7.22. The van der Waals surface area contributed by atoms with Gasteiger partial charge in [-0.25, -0.2) is 9.97 Å². The van der Waals surface area contributed by atoms with Gasteiger partial charge >= 0.3 is 6.18 Å². The number of ketones is 4. The second kappa shape index (κ2) is 15.0. The van der Waals surface area contributed by atoms with Crippen molar-refractivity contribution in [3.63, 3.8) is 0 Å². The second-order valence-electron chi connectivity index (χ2n) is 12.7. The molecule has 6 rings (SSSR count). The number of allylic oxidation sites excluding steroid dienone is 8. The van der Waals surface area contributed by atoms with E-state index in [0.717, 1.165) is 40.2 Å². The lowest BCUT2D eigenvalue weighted by Crippen LogP contribution is -2.20. The van der Waals surface area contributed by atoms with Crippen LogP contribution in [0.15, 0.2) is 85.4 Å². The van der Waals surface area contributed by atoms with Gasteiger partial charge in [0.05, 0.1) is 20.8 Å². The second-order valence-corrected chi connectivity index (χ2v) is 14.3. The molecular formula is C39H36ClF3N2O5S. The Bertz CT molecular complexity index is 2250. The minimum Gasteiger partial charge on any atom is -0.441 e. The lowest BCUT2D eigenvalue weighted by Gasteiger charge is -2.18. The normalized spacial score (nSPS) is 16.0. The molecule has 2 aromatic carbocycles. The predicted octanol–water partition coefficient (Wildman–Crippen LogP) is 10.1. The predicted molar refractivity (Wildman–Crippen MR) is 192 cm³/mol. The van der Waals surface area contributed by atoms with Crippen LogP contribution in [-0.2, 0) is 38.2 Å². The highest BCUT2D eigenvalue weighted by Gasteiger charge is 2.31. The first-order valence-electron chi connectivity index (χ1n) is 16.4. The topological polar surface area (TPSA) is 107 Å². The Hall–Kier alpha value is -4.48.